The molecule has 0 N–H and O–H groups in total. The minimum atomic E-state index is -0.296. The highest BCUT2D eigenvalue weighted by molar-refractivity contribution is 5.96. The van der Waals surface area contributed by atoms with Crippen molar-refractivity contribution in [2.45, 2.75) is 13.5 Å². The van der Waals surface area contributed by atoms with Gasteiger partial charge in [0.1, 0.15) is 5.75 Å². The second kappa shape index (κ2) is 7.71. The highest BCUT2D eigenvalue weighted by atomic mass is 16.5. The molecule has 25 heavy (non-hydrogen) atoms. The van der Waals surface area contributed by atoms with Gasteiger partial charge in [0.2, 0.25) is 0 Å². The van der Waals surface area contributed by atoms with Gasteiger partial charge in [-0.15, -0.1) is 0 Å². The maximum Gasteiger partial charge on any atom is 0.340 e. The summed E-state index contributed by atoms with van der Waals surface area (Å²) < 4.78 is 12.5. The van der Waals surface area contributed by atoms with Crippen molar-refractivity contribution >= 4 is 5.97 Å². The predicted octanol–water partition coefficient (Wildman–Crippen LogP) is 4.39. The van der Waals surface area contributed by atoms with Crippen LogP contribution in [0.5, 0.6) is 5.75 Å². The molecule has 0 saturated carbocycles. The van der Waals surface area contributed by atoms with Crippen LogP contribution in [-0.4, -0.2) is 24.3 Å². The Balaban J connectivity index is 1.99. The van der Waals surface area contributed by atoms with Gasteiger partial charge in [0.05, 0.1) is 25.0 Å². The third-order valence-corrected chi connectivity index (χ3v) is 4.02. The lowest BCUT2D eigenvalue weighted by Crippen LogP contribution is -2.08. The summed E-state index contributed by atoms with van der Waals surface area (Å²) in [5.74, 6) is 0.529. The minimum absolute atomic E-state index is 0.296. The first-order valence-electron chi connectivity index (χ1n) is 8.27. The largest absolute Gasteiger partial charge is 0.497 e. The number of nitrogens with zero attached hydrogens (tertiary/aromatic N) is 1. The highest BCUT2D eigenvalue weighted by Gasteiger charge is 2.18. The van der Waals surface area contributed by atoms with E-state index in [1.165, 1.54) is 0 Å². The molecule has 0 unspecified atom stereocenters. The van der Waals surface area contributed by atoms with Crippen molar-refractivity contribution in [3.05, 3.63) is 78.0 Å². The molecule has 1 heterocycles. The van der Waals surface area contributed by atoms with Crippen LogP contribution in [0.25, 0.3) is 11.3 Å². The zero-order valence-corrected chi connectivity index (χ0v) is 14.4. The van der Waals surface area contributed by atoms with Gasteiger partial charge >= 0.3 is 5.97 Å². The summed E-state index contributed by atoms with van der Waals surface area (Å²) in [5, 5.41) is 0. The highest BCUT2D eigenvalue weighted by Crippen LogP contribution is 2.27. The average Bonchev–Trinajstić information content (AvgIpc) is 3.07. The molecule has 0 aliphatic rings. The Bertz CT molecular complexity index is 835. The van der Waals surface area contributed by atoms with E-state index in [1.54, 1.807) is 7.11 Å². The van der Waals surface area contributed by atoms with Crippen LogP contribution in [0.4, 0.5) is 0 Å². The number of ether oxygens (including phenoxy) is 2. The van der Waals surface area contributed by atoms with E-state index in [9.17, 15) is 4.79 Å². The smallest absolute Gasteiger partial charge is 0.340 e. The van der Waals surface area contributed by atoms with Crippen molar-refractivity contribution in [3.63, 3.8) is 0 Å². The number of carbonyl (C=O) groups excluding carboxylic acids is 1. The number of hydrogen-bond donors (Lipinski definition) is 0. The van der Waals surface area contributed by atoms with Gasteiger partial charge in [-0.2, -0.15) is 0 Å². The van der Waals surface area contributed by atoms with Crippen molar-refractivity contribution in [1.82, 2.24) is 4.57 Å². The molecule has 0 bridgehead atoms. The number of methoxy groups -OCH3 is 1. The molecular formula is C21H21NO3. The summed E-state index contributed by atoms with van der Waals surface area (Å²) in [6.45, 7) is 2.83. The topological polar surface area (TPSA) is 40.5 Å². The van der Waals surface area contributed by atoms with E-state index >= 15 is 0 Å². The summed E-state index contributed by atoms with van der Waals surface area (Å²) in [6.07, 6.45) is 1.93. The van der Waals surface area contributed by atoms with Gasteiger partial charge < -0.3 is 14.0 Å². The second-order valence-electron chi connectivity index (χ2n) is 5.64. The SMILES string of the molecule is CCOC(=O)c1ccn(Cc2ccc(OC)cc2)c1-c1ccccc1. The fourth-order valence-electron chi connectivity index (χ4n) is 2.82. The van der Waals surface area contributed by atoms with E-state index in [2.05, 4.69) is 4.57 Å². The molecule has 128 valence electrons. The monoisotopic (exact) mass is 335 g/mol. The molecule has 3 rings (SSSR count). The molecule has 4 heteroatoms. The molecule has 3 aromatic rings. The van der Waals surface area contributed by atoms with Crippen molar-refractivity contribution in [3.8, 4) is 17.0 Å². The molecule has 0 aliphatic carbocycles. The number of carbonyl (C=O) groups is 1. The van der Waals surface area contributed by atoms with Crippen LogP contribution in [0.15, 0.2) is 66.9 Å². The zero-order valence-electron chi connectivity index (χ0n) is 14.4. The maximum atomic E-state index is 12.3. The van der Waals surface area contributed by atoms with E-state index in [-0.39, 0.29) is 5.97 Å². The average molecular weight is 335 g/mol. The maximum absolute atomic E-state index is 12.3. The van der Waals surface area contributed by atoms with E-state index in [4.69, 9.17) is 9.47 Å². The van der Waals surface area contributed by atoms with Crippen LogP contribution in [0.3, 0.4) is 0 Å². The molecular weight excluding hydrogens is 314 g/mol. The first-order valence-corrected chi connectivity index (χ1v) is 8.27. The number of benzene rings is 2. The molecule has 1 aromatic heterocycles. The fraction of sp³-hybridized carbons (Fsp3) is 0.190. The lowest BCUT2D eigenvalue weighted by molar-refractivity contribution is 0.0527. The fourth-order valence-corrected chi connectivity index (χ4v) is 2.82. The van der Waals surface area contributed by atoms with Crippen LogP contribution in [0.1, 0.15) is 22.8 Å². The summed E-state index contributed by atoms with van der Waals surface area (Å²) in [7, 11) is 1.65. The summed E-state index contributed by atoms with van der Waals surface area (Å²) in [5.41, 5.74) is 3.57. The number of rotatable bonds is 6. The first-order chi connectivity index (χ1) is 12.2. The molecule has 4 nitrogen and oxygen atoms in total. The Morgan fingerprint density at radius 1 is 1.00 bits per heavy atom. The van der Waals surface area contributed by atoms with Gasteiger partial charge in [-0.1, -0.05) is 42.5 Å². The first kappa shape index (κ1) is 16.8. The van der Waals surface area contributed by atoms with Gasteiger partial charge in [0, 0.05) is 12.7 Å². The molecule has 2 aromatic carbocycles. The molecule has 0 amide bonds. The molecule has 0 saturated heterocycles. The van der Waals surface area contributed by atoms with Gasteiger partial charge in [-0.05, 0) is 36.2 Å². The third-order valence-electron chi connectivity index (χ3n) is 4.02. The predicted molar refractivity (Wildman–Crippen MR) is 97.9 cm³/mol. The number of hydrogen-bond acceptors (Lipinski definition) is 3. The second-order valence-corrected chi connectivity index (χ2v) is 5.64. The van der Waals surface area contributed by atoms with Crippen LogP contribution in [0, 0.1) is 0 Å². The van der Waals surface area contributed by atoms with E-state index in [0.717, 1.165) is 22.6 Å². The van der Waals surface area contributed by atoms with Crippen molar-refractivity contribution in [1.29, 1.82) is 0 Å². The Morgan fingerprint density at radius 2 is 1.72 bits per heavy atom. The lowest BCUT2D eigenvalue weighted by Gasteiger charge is -2.12. The zero-order chi connectivity index (χ0) is 17.6. The Labute approximate surface area is 147 Å². The van der Waals surface area contributed by atoms with E-state index < -0.39 is 0 Å². The Hall–Kier alpha value is -3.01. The molecule has 0 atom stereocenters. The van der Waals surface area contributed by atoms with E-state index in [1.807, 2.05) is 73.8 Å². The quantitative estimate of drug-likeness (QED) is 0.627. The summed E-state index contributed by atoms with van der Waals surface area (Å²) >= 11 is 0. The Kier molecular flexibility index (Phi) is 5.19. The number of aromatic nitrogens is 1. The minimum Gasteiger partial charge on any atom is -0.497 e. The summed E-state index contributed by atoms with van der Waals surface area (Å²) in [6, 6.07) is 19.7. The Morgan fingerprint density at radius 3 is 2.36 bits per heavy atom. The van der Waals surface area contributed by atoms with Gasteiger partial charge in [-0.25, -0.2) is 4.79 Å². The lowest BCUT2D eigenvalue weighted by atomic mass is 10.1. The van der Waals surface area contributed by atoms with E-state index in [0.29, 0.717) is 18.7 Å². The van der Waals surface area contributed by atoms with Crippen molar-refractivity contribution in [2.75, 3.05) is 13.7 Å². The standard InChI is InChI=1S/C21H21NO3/c1-3-25-21(23)19-13-14-22(20(19)17-7-5-4-6-8-17)15-16-9-11-18(24-2)12-10-16/h4-14H,3,15H2,1-2H3. The third kappa shape index (κ3) is 3.74. The van der Waals surface area contributed by atoms with Crippen LogP contribution in [-0.2, 0) is 11.3 Å². The normalized spacial score (nSPS) is 10.5. The molecule has 0 fully saturated rings. The van der Waals surface area contributed by atoms with Crippen LogP contribution >= 0.6 is 0 Å². The summed E-state index contributed by atoms with van der Waals surface area (Å²) in [4.78, 5) is 12.3. The molecule has 0 radical (unpaired) electrons. The van der Waals surface area contributed by atoms with Gasteiger partial charge in [0.25, 0.3) is 0 Å². The number of esters is 1. The van der Waals surface area contributed by atoms with Crippen molar-refractivity contribution in [2.24, 2.45) is 0 Å². The molecule has 0 aliphatic heterocycles. The molecule has 0 spiro atoms. The van der Waals surface area contributed by atoms with Gasteiger partial charge in [-0.3, -0.25) is 0 Å². The van der Waals surface area contributed by atoms with Crippen LogP contribution < -0.4 is 4.74 Å². The van der Waals surface area contributed by atoms with Crippen molar-refractivity contribution < 1.29 is 14.3 Å². The van der Waals surface area contributed by atoms with Gasteiger partial charge in [0.15, 0.2) is 0 Å². The van der Waals surface area contributed by atoms with Crippen LogP contribution in [0.2, 0.25) is 0 Å².